The lowest BCUT2D eigenvalue weighted by Crippen LogP contribution is -2.15. The van der Waals surface area contributed by atoms with Crippen LogP contribution >= 0.6 is 0 Å². The van der Waals surface area contributed by atoms with Crippen LogP contribution in [-0.2, 0) is 6.42 Å². The molecule has 41 heavy (non-hydrogen) atoms. The first-order valence-corrected chi connectivity index (χ1v) is 15.2. The van der Waals surface area contributed by atoms with Crippen LogP contribution in [0.1, 0.15) is 76.3 Å². The van der Waals surface area contributed by atoms with Crippen molar-refractivity contribution < 1.29 is 13.2 Å². The van der Waals surface area contributed by atoms with E-state index in [9.17, 15) is 8.78 Å². The summed E-state index contributed by atoms with van der Waals surface area (Å²) >= 11 is 0. The van der Waals surface area contributed by atoms with Crippen LogP contribution in [0.5, 0.6) is 0 Å². The molecule has 3 heteroatoms. The first-order chi connectivity index (χ1) is 19.9. The number of halogens is 3. The second kappa shape index (κ2) is 14.5. The molecule has 0 amide bonds. The molecule has 0 bridgehead atoms. The van der Waals surface area contributed by atoms with Crippen molar-refractivity contribution in [1.29, 1.82) is 0 Å². The second-order valence-electron chi connectivity index (χ2n) is 11.6. The summed E-state index contributed by atoms with van der Waals surface area (Å²) in [7, 11) is 0. The fourth-order valence-electron chi connectivity index (χ4n) is 6.06. The van der Waals surface area contributed by atoms with E-state index in [-0.39, 0.29) is 11.4 Å². The standard InChI is InChI=1S/C38H43F3/c1-5-8-9-10-32-21-24-35(38(41)37(32)40)31-19-17-30(18-20-31)34-23-22-33(25-36(34)39)29-15-13-28(14-16-29)26(4)11-12-27(6-2)7-3/h5-6,15,17-28H,1-2,7-14,16H2,3-4H3. The molecule has 0 nitrogen and oxygen atoms in total. The van der Waals surface area contributed by atoms with Gasteiger partial charge in [-0.15, -0.1) is 13.2 Å². The Balaban J connectivity index is 1.42. The van der Waals surface area contributed by atoms with Crippen LogP contribution in [-0.4, -0.2) is 0 Å². The van der Waals surface area contributed by atoms with Crippen molar-refractivity contribution in [2.45, 2.75) is 71.6 Å². The number of allylic oxidation sites excluding steroid dienone is 4. The molecule has 0 aromatic heterocycles. The highest BCUT2D eigenvalue weighted by Crippen LogP contribution is 2.37. The number of unbranched alkanes of at least 4 members (excludes halogenated alkanes) is 1. The summed E-state index contributed by atoms with van der Waals surface area (Å²) in [6, 6.07) is 15.7. The smallest absolute Gasteiger partial charge is 0.166 e. The Kier molecular flexibility index (Phi) is 10.9. The van der Waals surface area contributed by atoms with Gasteiger partial charge in [0.15, 0.2) is 11.6 Å². The fraction of sp³-hybridized carbons (Fsp3) is 0.368. The zero-order valence-electron chi connectivity index (χ0n) is 24.6. The molecule has 0 saturated carbocycles. The molecule has 3 unspecified atom stereocenters. The molecule has 216 valence electrons. The first kappa shape index (κ1) is 30.6. The van der Waals surface area contributed by atoms with Gasteiger partial charge in [-0.05, 0) is 109 Å². The van der Waals surface area contributed by atoms with Gasteiger partial charge in [-0.25, -0.2) is 13.2 Å². The summed E-state index contributed by atoms with van der Waals surface area (Å²) in [6.45, 7) is 12.2. The lowest BCUT2D eigenvalue weighted by atomic mass is 9.77. The molecule has 1 aliphatic rings. The van der Waals surface area contributed by atoms with Gasteiger partial charge in [-0.1, -0.05) is 80.6 Å². The predicted octanol–water partition coefficient (Wildman–Crippen LogP) is 11.8. The van der Waals surface area contributed by atoms with Crippen molar-refractivity contribution in [3.8, 4) is 22.3 Å². The van der Waals surface area contributed by atoms with Crippen LogP contribution in [0.4, 0.5) is 13.2 Å². The molecule has 0 aliphatic heterocycles. The summed E-state index contributed by atoms with van der Waals surface area (Å²) in [5, 5.41) is 0. The first-order valence-electron chi connectivity index (χ1n) is 15.2. The number of rotatable bonds is 13. The van der Waals surface area contributed by atoms with Crippen LogP contribution < -0.4 is 0 Å². The van der Waals surface area contributed by atoms with Crippen molar-refractivity contribution in [3.63, 3.8) is 0 Å². The molecule has 0 fully saturated rings. The van der Waals surface area contributed by atoms with E-state index in [0.29, 0.717) is 46.4 Å². The highest BCUT2D eigenvalue weighted by molar-refractivity contribution is 5.74. The van der Waals surface area contributed by atoms with E-state index in [0.717, 1.165) is 44.1 Å². The fourth-order valence-corrected chi connectivity index (χ4v) is 6.06. The molecule has 0 radical (unpaired) electrons. The van der Waals surface area contributed by atoms with E-state index in [4.69, 9.17) is 0 Å². The lowest BCUT2D eigenvalue weighted by molar-refractivity contribution is 0.298. The number of aryl methyl sites for hydroxylation is 1. The Bertz CT molecular complexity index is 1370. The summed E-state index contributed by atoms with van der Waals surface area (Å²) in [5.41, 5.74) is 4.51. The maximum atomic E-state index is 15.3. The lowest BCUT2D eigenvalue weighted by Gasteiger charge is -2.28. The molecule has 0 saturated heterocycles. The van der Waals surface area contributed by atoms with E-state index in [1.165, 1.54) is 18.4 Å². The van der Waals surface area contributed by atoms with Gasteiger partial charge in [0.2, 0.25) is 0 Å². The van der Waals surface area contributed by atoms with E-state index in [2.05, 4.69) is 39.2 Å². The molecule has 3 atom stereocenters. The van der Waals surface area contributed by atoms with Gasteiger partial charge >= 0.3 is 0 Å². The third-order valence-corrected chi connectivity index (χ3v) is 8.97. The van der Waals surface area contributed by atoms with Crippen LogP contribution in [0.25, 0.3) is 27.8 Å². The SMILES string of the molecule is C=CCCCc1ccc(-c2ccc(-c3ccc(C4=CCC(C(C)CCC(C=C)CC)CC4)cc3F)cc2)c(F)c1F. The molecule has 1 aliphatic carbocycles. The molecule has 3 aromatic rings. The third-order valence-electron chi connectivity index (χ3n) is 8.97. The Morgan fingerprint density at radius 3 is 2.17 bits per heavy atom. The van der Waals surface area contributed by atoms with Gasteiger partial charge in [0, 0.05) is 11.1 Å². The molecular weight excluding hydrogens is 513 g/mol. The maximum absolute atomic E-state index is 15.3. The van der Waals surface area contributed by atoms with Gasteiger partial charge in [0.1, 0.15) is 5.82 Å². The van der Waals surface area contributed by atoms with E-state index >= 15 is 4.39 Å². The van der Waals surface area contributed by atoms with E-state index in [1.807, 2.05) is 12.1 Å². The minimum absolute atomic E-state index is 0.208. The average molecular weight is 557 g/mol. The molecule has 4 rings (SSSR count). The molecule has 0 heterocycles. The summed E-state index contributed by atoms with van der Waals surface area (Å²) in [6.07, 6.45) is 14.8. The third kappa shape index (κ3) is 7.50. The maximum Gasteiger partial charge on any atom is 0.166 e. The minimum Gasteiger partial charge on any atom is -0.206 e. The number of hydrogen-bond acceptors (Lipinski definition) is 0. The topological polar surface area (TPSA) is 0 Å². The van der Waals surface area contributed by atoms with Crippen LogP contribution in [0, 0.1) is 35.2 Å². The van der Waals surface area contributed by atoms with Crippen LogP contribution in [0.2, 0.25) is 0 Å². The summed E-state index contributed by atoms with van der Waals surface area (Å²) < 4.78 is 44.8. The largest absolute Gasteiger partial charge is 0.206 e. The monoisotopic (exact) mass is 556 g/mol. The predicted molar refractivity (Wildman–Crippen MR) is 168 cm³/mol. The molecule has 0 N–H and O–H groups in total. The van der Waals surface area contributed by atoms with Crippen molar-refractivity contribution in [1.82, 2.24) is 0 Å². The minimum atomic E-state index is -0.844. The quantitative estimate of drug-likeness (QED) is 0.145. The Morgan fingerprint density at radius 2 is 1.56 bits per heavy atom. The molecule has 0 spiro atoms. The van der Waals surface area contributed by atoms with E-state index < -0.39 is 11.6 Å². The second-order valence-corrected chi connectivity index (χ2v) is 11.6. The van der Waals surface area contributed by atoms with Gasteiger partial charge in [0.25, 0.3) is 0 Å². The zero-order valence-corrected chi connectivity index (χ0v) is 24.6. The summed E-state index contributed by atoms with van der Waals surface area (Å²) in [5.74, 6) is 0.0435. The zero-order chi connectivity index (χ0) is 29.4. The van der Waals surface area contributed by atoms with Crippen molar-refractivity contribution in [3.05, 3.63) is 115 Å². The molecular formula is C38H43F3. The van der Waals surface area contributed by atoms with Crippen molar-refractivity contribution in [2.24, 2.45) is 17.8 Å². The summed E-state index contributed by atoms with van der Waals surface area (Å²) in [4.78, 5) is 0. The highest BCUT2D eigenvalue weighted by atomic mass is 19.2. The highest BCUT2D eigenvalue weighted by Gasteiger charge is 2.22. The molecule has 3 aromatic carbocycles. The van der Waals surface area contributed by atoms with Crippen LogP contribution in [0.15, 0.2) is 86.0 Å². The van der Waals surface area contributed by atoms with Gasteiger partial charge in [-0.3, -0.25) is 0 Å². The van der Waals surface area contributed by atoms with E-state index in [1.54, 1.807) is 48.5 Å². The number of hydrogen-bond donors (Lipinski definition) is 0. The van der Waals surface area contributed by atoms with Gasteiger partial charge in [0.05, 0.1) is 0 Å². The van der Waals surface area contributed by atoms with Crippen molar-refractivity contribution >= 4 is 5.57 Å². The average Bonchev–Trinajstić information content (AvgIpc) is 3.00. The van der Waals surface area contributed by atoms with Gasteiger partial charge in [-0.2, -0.15) is 0 Å². The number of benzene rings is 3. The Hall–Kier alpha value is -3.33. The van der Waals surface area contributed by atoms with Crippen molar-refractivity contribution in [2.75, 3.05) is 0 Å². The Morgan fingerprint density at radius 1 is 0.878 bits per heavy atom. The van der Waals surface area contributed by atoms with Gasteiger partial charge < -0.3 is 0 Å². The Labute approximate surface area is 244 Å². The van der Waals surface area contributed by atoms with Crippen LogP contribution in [0.3, 0.4) is 0 Å². The normalized spacial score (nSPS) is 16.6.